The number of fused-ring (bicyclic) bond motifs is 2. The van der Waals surface area contributed by atoms with E-state index in [1.54, 1.807) is 18.4 Å². The third kappa shape index (κ3) is 2.49. The molecular weight excluding hydrogens is 306 g/mol. The van der Waals surface area contributed by atoms with Crippen LogP contribution in [0.25, 0.3) is 15.7 Å². The Morgan fingerprint density at radius 2 is 2.00 bits per heavy atom. The van der Waals surface area contributed by atoms with Gasteiger partial charge in [0.25, 0.3) is 0 Å². The zero-order chi connectivity index (χ0) is 15.8. The van der Waals surface area contributed by atoms with Crippen LogP contribution < -0.4 is 14.7 Å². The number of aromatic nitrogens is 2. The molecule has 0 atom stereocenters. The number of rotatable bonds is 2. The molecule has 3 heterocycles. The molecule has 0 unspecified atom stereocenters. The summed E-state index contributed by atoms with van der Waals surface area (Å²) in [6.45, 7) is 0. The second-order valence-corrected chi connectivity index (χ2v) is 6.32. The Morgan fingerprint density at radius 1 is 1.09 bits per heavy atom. The van der Waals surface area contributed by atoms with E-state index in [0.717, 1.165) is 27.3 Å². The third-order valence-corrected chi connectivity index (χ3v) is 4.96. The predicted octanol–water partition coefficient (Wildman–Crippen LogP) is 3.22. The van der Waals surface area contributed by atoms with E-state index in [1.165, 1.54) is 4.70 Å². The molecular formula is C18H16N3OS+. The van der Waals surface area contributed by atoms with Crippen LogP contribution in [0.1, 0.15) is 0 Å². The van der Waals surface area contributed by atoms with Gasteiger partial charge in [-0.2, -0.15) is 0 Å². The van der Waals surface area contributed by atoms with Crippen LogP contribution in [0.15, 0.2) is 65.9 Å². The lowest BCUT2D eigenvalue weighted by Gasteiger charge is -1.97. The quantitative estimate of drug-likeness (QED) is 0.521. The molecule has 4 rings (SSSR count). The van der Waals surface area contributed by atoms with Crippen LogP contribution in [0, 0.1) is 0 Å². The number of pyridine rings is 2. The Labute approximate surface area is 137 Å². The van der Waals surface area contributed by atoms with Crippen LogP contribution >= 0.6 is 11.3 Å². The Hall–Kier alpha value is -2.66. The van der Waals surface area contributed by atoms with E-state index in [1.807, 2.05) is 43.7 Å². The molecule has 0 fully saturated rings. The average molecular weight is 322 g/mol. The predicted molar refractivity (Wildman–Crippen MR) is 92.2 cm³/mol. The summed E-state index contributed by atoms with van der Waals surface area (Å²) in [5, 5.41) is 1.92. The number of nitrogens with zero attached hydrogens (tertiary/aromatic N) is 3. The van der Waals surface area contributed by atoms with Crippen molar-refractivity contribution in [3.63, 3.8) is 0 Å². The lowest BCUT2D eigenvalue weighted by molar-refractivity contribution is -0.627. The summed E-state index contributed by atoms with van der Waals surface area (Å²) in [5.41, 5.74) is 2.28. The maximum absolute atomic E-state index is 5.30. The van der Waals surface area contributed by atoms with E-state index in [4.69, 9.17) is 9.73 Å². The third-order valence-electron chi connectivity index (χ3n) is 3.87. The summed E-state index contributed by atoms with van der Waals surface area (Å²) in [6.07, 6.45) is 4.06. The minimum atomic E-state index is 0.869. The molecule has 1 aromatic carbocycles. The fourth-order valence-corrected chi connectivity index (χ4v) is 3.68. The molecule has 0 aliphatic carbocycles. The highest BCUT2D eigenvalue weighted by Crippen LogP contribution is 2.28. The summed E-state index contributed by atoms with van der Waals surface area (Å²) in [5.74, 6) is 0.869. The maximum Gasteiger partial charge on any atom is 0.383 e. The number of methoxy groups -OCH3 is 1. The summed E-state index contributed by atoms with van der Waals surface area (Å²) in [7, 11) is 3.73. The minimum absolute atomic E-state index is 0.869. The second kappa shape index (κ2) is 5.52. The van der Waals surface area contributed by atoms with Gasteiger partial charge in [-0.05, 0) is 40.6 Å². The van der Waals surface area contributed by atoms with Gasteiger partial charge in [-0.1, -0.05) is 6.07 Å². The van der Waals surface area contributed by atoms with Gasteiger partial charge < -0.3 is 9.14 Å². The van der Waals surface area contributed by atoms with E-state index in [9.17, 15) is 0 Å². The minimum Gasteiger partial charge on any atom is -0.497 e. The molecule has 4 aromatic rings. The molecule has 0 spiro atoms. The number of hydrogen-bond acceptors (Lipinski definition) is 3. The Kier molecular flexibility index (Phi) is 3.35. The van der Waals surface area contributed by atoms with Crippen molar-refractivity contribution in [2.75, 3.05) is 7.11 Å². The molecule has 0 saturated carbocycles. The van der Waals surface area contributed by atoms with Crippen LogP contribution in [-0.2, 0) is 7.05 Å². The first-order valence-corrected chi connectivity index (χ1v) is 8.14. The second-order valence-electron chi connectivity index (χ2n) is 5.31. The van der Waals surface area contributed by atoms with Gasteiger partial charge in [0.15, 0.2) is 5.36 Å². The summed E-state index contributed by atoms with van der Waals surface area (Å²) in [4.78, 5) is 4.81. The van der Waals surface area contributed by atoms with Crippen LogP contribution in [0.5, 0.6) is 5.75 Å². The van der Waals surface area contributed by atoms with E-state index in [-0.39, 0.29) is 0 Å². The van der Waals surface area contributed by atoms with Crippen molar-refractivity contribution in [1.29, 1.82) is 0 Å². The van der Waals surface area contributed by atoms with Crippen molar-refractivity contribution in [1.82, 2.24) is 4.40 Å². The average Bonchev–Trinajstić information content (AvgIpc) is 2.90. The van der Waals surface area contributed by atoms with E-state index < -0.39 is 0 Å². The van der Waals surface area contributed by atoms with Crippen LogP contribution in [0.3, 0.4) is 0 Å². The van der Waals surface area contributed by atoms with Crippen molar-refractivity contribution in [3.05, 3.63) is 66.3 Å². The number of aryl methyl sites for hydroxylation is 1. The first-order valence-electron chi connectivity index (χ1n) is 7.33. The highest BCUT2D eigenvalue weighted by atomic mass is 32.1. The lowest BCUT2D eigenvalue weighted by Crippen LogP contribution is -2.26. The molecule has 4 nitrogen and oxygen atoms in total. The molecule has 114 valence electrons. The SMILES string of the molecule is COc1ccc2c(c1)sc(N=c1ccn3ccccc3c1)[n+]2C. The molecule has 23 heavy (non-hydrogen) atoms. The van der Waals surface area contributed by atoms with Gasteiger partial charge in [0, 0.05) is 36.1 Å². The topological polar surface area (TPSA) is 29.9 Å². The van der Waals surface area contributed by atoms with E-state index in [2.05, 4.69) is 33.2 Å². The Balaban J connectivity index is 1.88. The molecule has 0 saturated heterocycles. The van der Waals surface area contributed by atoms with E-state index in [0.29, 0.717) is 0 Å². The standard InChI is InChI=1S/C18H16N3OS/c1-20-16-7-6-15(22-2)12-17(16)23-18(20)19-13-8-10-21-9-4-3-5-14(21)11-13/h3-12H,1-2H3/q+1. The van der Waals surface area contributed by atoms with Gasteiger partial charge in [0.1, 0.15) is 11.3 Å². The Morgan fingerprint density at radius 3 is 2.87 bits per heavy atom. The monoisotopic (exact) mass is 322 g/mol. The first kappa shape index (κ1) is 14.0. The van der Waals surface area contributed by atoms with Gasteiger partial charge in [0.05, 0.1) is 18.9 Å². The highest BCUT2D eigenvalue weighted by Gasteiger charge is 2.15. The largest absolute Gasteiger partial charge is 0.497 e. The first-order chi connectivity index (χ1) is 11.2. The van der Waals surface area contributed by atoms with Gasteiger partial charge in [-0.15, -0.1) is 0 Å². The highest BCUT2D eigenvalue weighted by molar-refractivity contribution is 7.21. The van der Waals surface area contributed by atoms with Crippen molar-refractivity contribution >= 4 is 32.2 Å². The smallest absolute Gasteiger partial charge is 0.383 e. The number of ether oxygens (including phenoxy) is 1. The normalized spacial score (nSPS) is 12.2. The fourth-order valence-electron chi connectivity index (χ4n) is 2.61. The molecule has 0 amide bonds. The molecule has 0 radical (unpaired) electrons. The van der Waals surface area contributed by atoms with Crippen molar-refractivity contribution < 1.29 is 9.30 Å². The van der Waals surface area contributed by atoms with Gasteiger partial charge in [0.2, 0.25) is 0 Å². The van der Waals surface area contributed by atoms with Crippen LogP contribution in [0.2, 0.25) is 0 Å². The van der Waals surface area contributed by atoms with E-state index >= 15 is 0 Å². The van der Waals surface area contributed by atoms with Crippen molar-refractivity contribution in [2.24, 2.45) is 12.0 Å². The maximum atomic E-state index is 5.30. The number of hydrogen-bond donors (Lipinski definition) is 0. The molecule has 0 aliphatic rings. The summed E-state index contributed by atoms with van der Waals surface area (Å²) in [6, 6.07) is 16.3. The van der Waals surface area contributed by atoms with Gasteiger partial charge >= 0.3 is 5.13 Å². The molecule has 0 aliphatic heterocycles. The summed E-state index contributed by atoms with van der Waals surface area (Å²) < 4.78 is 10.7. The van der Waals surface area contributed by atoms with Crippen molar-refractivity contribution in [3.8, 4) is 5.75 Å². The molecule has 0 N–H and O–H groups in total. The molecule has 5 heteroatoms. The lowest BCUT2D eigenvalue weighted by atomic mass is 10.3. The molecule has 3 aromatic heterocycles. The Bertz CT molecular complexity index is 1080. The van der Waals surface area contributed by atoms with Gasteiger partial charge in [-0.3, -0.25) is 0 Å². The summed E-state index contributed by atoms with van der Waals surface area (Å²) >= 11 is 1.66. The van der Waals surface area contributed by atoms with Crippen molar-refractivity contribution in [2.45, 2.75) is 0 Å². The van der Waals surface area contributed by atoms with Gasteiger partial charge in [-0.25, -0.2) is 4.57 Å². The zero-order valence-corrected chi connectivity index (χ0v) is 13.7. The molecule has 0 bridgehead atoms. The number of thiazole rings is 1. The van der Waals surface area contributed by atoms with Crippen LogP contribution in [0.4, 0.5) is 5.13 Å². The number of benzene rings is 1. The fraction of sp³-hybridized carbons (Fsp3) is 0.111. The van der Waals surface area contributed by atoms with Crippen LogP contribution in [-0.4, -0.2) is 11.5 Å². The zero-order valence-electron chi connectivity index (χ0n) is 12.9.